The van der Waals surface area contributed by atoms with Crippen LogP contribution in [0.2, 0.25) is 0 Å². The lowest BCUT2D eigenvalue weighted by Gasteiger charge is -2.43. The van der Waals surface area contributed by atoms with Crippen LogP contribution in [0.4, 0.5) is 0 Å². The van der Waals surface area contributed by atoms with E-state index in [0.717, 1.165) is 44.6 Å². The largest absolute Gasteiger partial charge is 0.299 e. The molecule has 1 spiro atoms. The number of aromatic nitrogens is 2. The van der Waals surface area contributed by atoms with Gasteiger partial charge in [0, 0.05) is 37.8 Å². The maximum atomic E-state index is 12.0. The molecule has 1 aromatic heterocycles. The molecule has 4 rings (SSSR count). The molecule has 2 aliphatic rings. The molecule has 0 bridgehead atoms. The highest BCUT2D eigenvalue weighted by Gasteiger charge is 2.47. The van der Waals surface area contributed by atoms with E-state index >= 15 is 0 Å². The van der Waals surface area contributed by atoms with E-state index in [4.69, 9.17) is 4.84 Å². The molecule has 1 aromatic carbocycles. The van der Waals surface area contributed by atoms with Crippen molar-refractivity contribution in [1.82, 2.24) is 19.7 Å². The zero-order chi connectivity index (χ0) is 17.3. The van der Waals surface area contributed by atoms with Crippen LogP contribution in [0, 0.1) is 0 Å². The van der Waals surface area contributed by atoms with Crippen LogP contribution in [0.25, 0.3) is 5.69 Å². The smallest absolute Gasteiger partial charge is 0.246 e. The van der Waals surface area contributed by atoms with E-state index in [2.05, 4.69) is 28.3 Å². The number of hydrogen-bond donors (Lipinski definition) is 0. The van der Waals surface area contributed by atoms with E-state index in [-0.39, 0.29) is 11.4 Å². The van der Waals surface area contributed by atoms with Gasteiger partial charge in [0.2, 0.25) is 5.91 Å². The molecule has 1 amide bonds. The van der Waals surface area contributed by atoms with Gasteiger partial charge in [0.15, 0.2) is 0 Å². The molecule has 0 N–H and O–H groups in total. The van der Waals surface area contributed by atoms with Crippen LogP contribution in [-0.2, 0) is 16.2 Å². The third kappa shape index (κ3) is 3.07. The molecule has 6 heteroatoms. The Bertz CT molecular complexity index is 735. The summed E-state index contributed by atoms with van der Waals surface area (Å²) in [5.74, 6) is 0.125. The van der Waals surface area contributed by atoms with Crippen molar-refractivity contribution in [2.75, 3.05) is 20.2 Å². The van der Waals surface area contributed by atoms with Crippen LogP contribution in [0.15, 0.2) is 42.7 Å². The Hall–Kier alpha value is -2.18. The fourth-order valence-corrected chi connectivity index (χ4v) is 4.11. The van der Waals surface area contributed by atoms with Crippen molar-refractivity contribution in [1.29, 1.82) is 0 Å². The molecular weight excluding hydrogens is 316 g/mol. The summed E-state index contributed by atoms with van der Waals surface area (Å²) in [5, 5.41) is 6.11. The quantitative estimate of drug-likeness (QED) is 0.857. The number of amides is 1. The molecule has 0 unspecified atom stereocenters. The van der Waals surface area contributed by atoms with E-state index in [1.54, 1.807) is 12.2 Å². The molecule has 2 aliphatic heterocycles. The second-order valence-electron chi connectivity index (χ2n) is 7.00. The number of para-hydroxylation sites is 1. The lowest BCUT2D eigenvalue weighted by molar-refractivity contribution is -0.202. The molecule has 0 radical (unpaired) electrons. The molecule has 2 aromatic rings. The molecule has 3 heterocycles. The van der Waals surface area contributed by atoms with E-state index in [1.807, 2.05) is 29.1 Å². The van der Waals surface area contributed by atoms with Crippen LogP contribution in [0.1, 0.15) is 31.2 Å². The highest BCUT2D eigenvalue weighted by atomic mass is 16.7. The highest BCUT2D eigenvalue weighted by molar-refractivity contribution is 5.78. The maximum absolute atomic E-state index is 12.0. The Morgan fingerprint density at radius 1 is 1.16 bits per heavy atom. The summed E-state index contributed by atoms with van der Waals surface area (Å²) < 4.78 is 1.92. The second kappa shape index (κ2) is 6.61. The first-order valence-corrected chi connectivity index (χ1v) is 8.89. The SMILES string of the molecule is CON1C(=O)CCC12CCN(Cc1cnn(-c3ccccc3)c1)CC2. The average Bonchev–Trinajstić information content (AvgIpc) is 3.23. The highest BCUT2D eigenvalue weighted by Crippen LogP contribution is 2.39. The third-order valence-corrected chi connectivity index (χ3v) is 5.49. The van der Waals surface area contributed by atoms with Gasteiger partial charge in [0.05, 0.1) is 24.5 Å². The lowest BCUT2D eigenvalue weighted by Crippen LogP contribution is -2.52. The number of hydrogen-bond acceptors (Lipinski definition) is 4. The minimum atomic E-state index is -0.0868. The Morgan fingerprint density at radius 2 is 1.92 bits per heavy atom. The molecule has 6 nitrogen and oxygen atoms in total. The number of carbonyl (C=O) groups is 1. The monoisotopic (exact) mass is 340 g/mol. The van der Waals surface area contributed by atoms with Crippen LogP contribution in [0.5, 0.6) is 0 Å². The molecule has 0 aliphatic carbocycles. The normalized spacial score (nSPS) is 20.5. The number of carbonyl (C=O) groups excluding carboxylic acids is 1. The Labute approximate surface area is 147 Å². The van der Waals surface area contributed by atoms with E-state index in [9.17, 15) is 4.79 Å². The van der Waals surface area contributed by atoms with E-state index < -0.39 is 0 Å². The van der Waals surface area contributed by atoms with Crippen LogP contribution < -0.4 is 0 Å². The van der Waals surface area contributed by atoms with Gasteiger partial charge in [-0.25, -0.2) is 9.75 Å². The van der Waals surface area contributed by atoms with E-state index in [1.165, 1.54) is 5.56 Å². The number of piperidine rings is 1. The summed E-state index contributed by atoms with van der Waals surface area (Å²) in [4.78, 5) is 19.8. The van der Waals surface area contributed by atoms with Crippen molar-refractivity contribution in [3.05, 3.63) is 48.3 Å². The zero-order valence-electron chi connectivity index (χ0n) is 14.6. The summed E-state index contributed by atoms with van der Waals surface area (Å²) >= 11 is 0. The fraction of sp³-hybridized carbons (Fsp3) is 0.474. The van der Waals surface area contributed by atoms with Gasteiger partial charge in [-0.1, -0.05) is 18.2 Å². The first-order chi connectivity index (χ1) is 12.2. The van der Waals surface area contributed by atoms with Gasteiger partial charge < -0.3 is 0 Å². The minimum absolute atomic E-state index is 0.0868. The van der Waals surface area contributed by atoms with Crippen molar-refractivity contribution in [3.8, 4) is 5.69 Å². The van der Waals surface area contributed by atoms with Crippen molar-refractivity contribution >= 4 is 5.91 Å². The molecule has 2 saturated heterocycles. The third-order valence-electron chi connectivity index (χ3n) is 5.49. The topological polar surface area (TPSA) is 50.6 Å². The van der Waals surface area contributed by atoms with Gasteiger partial charge in [0.25, 0.3) is 0 Å². The van der Waals surface area contributed by atoms with Crippen molar-refractivity contribution < 1.29 is 9.63 Å². The van der Waals surface area contributed by atoms with Crippen molar-refractivity contribution in [2.45, 2.75) is 37.8 Å². The first kappa shape index (κ1) is 16.3. The molecule has 132 valence electrons. The molecule has 25 heavy (non-hydrogen) atoms. The zero-order valence-corrected chi connectivity index (χ0v) is 14.6. The first-order valence-electron chi connectivity index (χ1n) is 8.89. The van der Waals surface area contributed by atoms with Gasteiger partial charge in [-0.05, 0) is 31.4 Å². The summed E-state index contributed by atoms with van der Waals surface area (Å²) in [6.45, 7) is 2.84. The minimum Gasteiger partial charge on any atom is -0.299 e. The van der Waals surface area contributed by atoms with E-state index in [0.29, 0.717) is 6.42 Å². The van der Waals surface area contributed by atoms with Gasteiger partial charge >= 0.3 is 0 Å². The van der Waals surface area contributed by atoms with Gasteiger partial charge in [-0.15, -0.1) is 0 Å². The Balaban J connectivity index is 1.38. The van der Waals surface area contributed by atoms with Gasteiger partial charge in [0.1, 0.15) is 0 Å². The molecule has 0 atom stereocenters. The summed E-state index contributed by atoms with van der Waals surface area (Å²) in [6, 6.07) is 10.2. The Kier molecular flexibility index (Phi) is 4.31. The van der Waals surface area contributed by atoms with Crippen molar-refractivity contribution in [3.63, 3.8) is 0 Å². The Morgan fingerprint density at radius 3 is 2.64 bits per heavy atom. The predicted octanol–water partition coefficient (Wildman–Crippen LogP) is 2.39. The van der Waals surface area contributed by atoms with Crippen LogP contribution >= 0.6 is 0 Å². The van der Waals surface area contributed by atoms with Gasteiger partial charge in [-0.3, -0.25) is 14.5 Å². The number of likely N-dealkylation sites (tertiary alicyclic amines) is 1. The molecule has 2 fully saturated rings. The van der Waals surface area contributed by atoms with Crippen molar-refractivity contribution in [2.24, 2.45) is 0 Å². The van der Waals surface area contributed by atoms with Gasteiger partial charge in [-0.2, -0.15) is 5.10 Å². The molecular formula is C19H24N4O2. The number of benzene rings is 1. The second-order valence-corrected chi connectivity index (χ2v) is 7.00. The predicted molar refractivity (Wildman–Crippen MR) is 93.9 cm³/mol. The lowest BCUT2D eigenvalue weighted by atomic mass is 9.86. The maximum Gasteiger partial charge on any atom is 0.246 e. The number of hydroxylamine groups is 2. The standard InChI is InChI=1S/C19H24N4O2/c1-25-23-18(24)7-8-19(23)9-11-21(12-10-19)14-16-13-20-22(15-16)17-5-3-2-4-6-17/h2-6,13,15H,7-12,14H2,1H3. The summed E-state index contributed by atoms with van der Waals surface area (Å²) in [5.41, 5.74) is 2.20. The fourth-order valence-electron chi connectivity index (χ4n) is 4.11. The average molecular weight is 340 g/mol. The summed E-state index contributed by atoms with van der Waals surface area (Å²) in [6.07, 6.45) is 7.51. The summed E-state index contributed by atoms with van der Waals surface area (Å²) in [7, 11) is 1.61. The van der Waals surface area contributed by atoms with Crippen LogP contribution in [-0.4, -0.2) is 51.4 Å². The molecule has 0 saturated carbocycles. The number of nitrogens with zero attached hydrogens (tertiary/aromatic N) is 4. The number of rotatable bonds is 4. The van der Waals surface area contributed by atoms with Crippen LogP contribution in [0.3, 0.4) is 0 Å².